The molecule has 2 rings (SSSR count). The summed E-state index contributed by atoms with van der Waals surface area (Å²) in [6, 6.07) is 0.418. The molecule has 0 unspecified atom stereocenters. The monoisotopic (exact) mass is 334 g/mol. The lowest BCUT2D eigenvalue weighted by atomic mass is 9.99. The summed E-state index contributed by atoms with van der Waals surface area (Å²) in [4.78, 5) is 12.1. The van der Waals surface area contributed by atoms with Crippen molar-refractivity contribution in [2.24, 2.45) is 5.92 Å². The van der Waals surface area contributed by atoms with Crippen LogP contribution in [0.25, 0.3) is 0 Å². The molecule has 0 spiro atoms. The molecule has 1 aliphatic heterocycles. The Morgan fingerprint density at radius 1 is 1.29 bits per heavy atom. The summed E-state index contributed by atoms with van der Waals surface area (Å²) in [7, 11) is -3.23. The lowest BCUT2D eigenvalue weighted by Gasteiger charge is -2.30. The molecule has 9 heteroatoms. The Bertz CT molecular complexity index is 505. The number of hydrazine groups is 1. The summed E-state index contributed by atoms with van der Waals surface area (Å²) in [5.74, 6) is -0.489. The highest BCUT2D eigenvalue weighted by molar-refractivity contribution is 7.89. The Balaban J connectivity index is 1.79. The van der Waals surface area contributed by atoms with Gasteiger partial charge in [-0.05, 0) is 44.8 Å². The number of rotatable bonds is 4. The molecule has 2 fully saturated rings. The van der Waals surface area contributed by atoms with Gasteiger partial charge in [0, 0.05) is 19.1 Å². The van der Waals surface area contributed by atoms with Crippen molar-refractivity contribution < 1.29 is 13.2 Å². The Hall–Kier alpha value is -0.930. The standard InChI is InChI=1S/C12H22N4O3S2/c1-2-21(18,19)16-7-3-4-9(8-16)11(17)14-15-12(20)13-10-5-6-10/h9-10H,2-8H2,1H3,(H,14,17)(H2,13,15,20)/t9-/m1/s1. The highest BCUT2D eigenvalue weighted by atomic mass is 32.2. The predicted molar refractivity (Wildman–Crippen MR) is 83.8 cm³/mol. The number of carbonyl (C=O) groups is 1. The van der Waals surface area contributed by atoms with Gasteiger partial charge in [0.2, 0.25) is 15.9 Å². The van der Waals surface area contributed by atoms with E-state index in [-0.39, 0.29) is 24.1 Å². The van der Waals surface area contributed by atoms with E-state index in [2.05, 4.69) is 16.2 Å². The molecule has 0 aromatic carbocycles. The van der Waals surface area contributed by atoms with E-state index in [1.165, 1.54) is 4.31 Å². The first-order chi connectivity index (χ1) is 9.92. The zero-order chi connectivity index (χ0) is 15.5. The first-order valence-corrected chi connectivity index (χ1v) is 9.28. The zero-order valence-electron chi connectivity index (χ0n) is 12.1. The number of nitrogens with one attached hydrogen (secondary N) is 3. The van der Waals surface area contributed by atoms with Gasteiger partial charge < -0.3 is 5.32 Å². The second kappa shape index (κ2) is 6.89. The van der Waals surface area contributed by atoms with Gasteiger partial charge in [0.25, 0.3) is 0 Å². The minimum absolute atomic E-state index is 0.0645. The van der Waals surface area contributed by atoms with Crippen LogP contribution in [0.4, 0.5) is 0 Å². The van der Waals surface area contributed by atoms with E-state index in [4.69, 9.17) is 12.2 Å². The van der Waals surface area contributed by atoms with Crippen LogP contribution in [-0.4, -0.2) is 48.6 Å². The summed E-state index contributed by atoms with van der Waals surface area (Å²) in [6.07, 6.45) is 3.58. The van der Waals surface area contributed by atoms with Crippen LogP contribution in [0.2, 0.25) is 0 Å². The van der Waals surface area contributed by atoms with Crippen molar-refractivity contribution in [3.8, 4) is 0 Å². The lowest BCUT2D eigenvalue weighted by Crippen LogP contribution is -2.52. The van der Waals surface area contributed by atoms with E-state index in [9.17, 15) is 13.2 Å². The minimum atomic E-state index is -3.23. The third-order valence-electron chi connectivity index (χ3n) is 3.72. The van der Waals surface area contributed by atoms with Gasteiger partial charge >= 0.3 is 0 Å². The highest BCUT2D eigenvalue weighted by Gasteiger charge is 2.31. The fraction of sp³-hybridized carbons (Fsp3) is 0.833. The maximum absolute atomic E-state index is 12.1. The molecule has 120 valence electrons. The fourth-order valence-corrected chi connectivity index (χ4v) is 3.66. The molecule has 1 atom stereocenters. The molecule has 1 aliphatic carbocycles. The summed E-state index contributed by atoms with van der Waals surface area (Å²) >= 11 is 5.05. The third-order valence-corrected chi connectivity index (χ3v) is 5.79. The zero-order valence-corrected chi connectivity index (χ0v) is 13.7. The fourth-order valence-electron chi connectivity index (χ4n) is 2.26. The highest BCUT2D eigenvalue weighted by Crippen LogP contribution is 2.20. The van der Waals surface area contributed by atoms with Crippen LogP contribution in [-0.2, 0) is 14.8 Å². The lowest BCUT2D eigenvalue weighted by molar-refractivity contribution is -0.126. The Kier molecular flexibility index (Phi) is 5.39. The Labute approximate surface area is 130 Å². The van der Waals surface area contributed by atoms with Gasteiger partial charge in [-0.3, -0.25) is 15.6 Å². The summed E-state index contributed by atoms with van der Waals surface area (Å²) < 4.78 is 25.1. The van der Waals surface area contributed by atoms with Crippen LogP contribution in [0.3, 0.4) is 0 Å². The maximum atomic E-state index is 12.1. The van der Waals surface area contributed by atoms with Gasteiger partial charge in [0.05, 0.1) is 11.7 Å². The number of carbonyl (C=O) groups excluding carboxylic acids is 1. The molecule has 0 aromatic heterocycles. The van der Waals surface area contributed by atoms with Crippen LogP contribution in [0, 0.1) is 5.92 Å². The molecule has 1 heterocycles. The number of piperidine rings is 1. The van der Waals surface area contributed by atoms with Crippen molar-refractivity contribution in [3.63, 3.8) is 0 Å². The molecular formula is C12H22N4O3S2. The van der Waals surface area contributed by atoms with Gasteiger partial charge in [-0.2, -0.15) is 0 Å². The van der Waals surface area contributed by atoms with Crippen molar-refractivity contribution in [1.29, 1.82) is 0 Å². The number of hydrogen-bond acceptors (Lipinski definition) is 4. The minimum Gasteiger partial charge on any atom is -0.359 e. The van der Waals surface area contributed by atoms with E-state index in [1.54, 1.807) is 6.92 Å². The van der Waals surface area contributed by atoms with Crippen molar-refractivity contribution in [3.05, 3.63) is 0 Å². The third kappa shape index (κ3) is 4.79. The number of hydrogen-bond donors (Lipinski definition) is 3. The van der Waals surface area contributed by atoms with Crippen LogP contribution in [0.5, 0.6) is 0 Å². The summed E-state index contributed by atoms with van der Waals surface area (Å²) in [5.41, 5.74) is 5.23. The van der Waals surface area contributed by atoms with E-state index in [1.807, 2.05) is 0 Å². The van der Waals surface area contributed by atoms with Crippen molar-refractivity contribution in [1.82, 2.24) is 20.5 Å². The second-order valence-corrected chi connectivity index (χ2v) is 8.13. The normalized spacial score (nSPS) is 23.4. The Morgan fingerprint density at radius 2 is 2.00 bits per heavy atom. The molecule has 3 N–H and O–H groups in total. The van der Waals surface area contributed by atoms with Crippen molar-refractivity contribution >= 4 is 33.3 Å². The largest absolute Gasteiger partial charge is 0.359 e. The molecule has 1 amide bonds. The molecule has 21 heavy (non-hydrogen) atoms. The molecule has 0 aromatic rings. The van der Waals surface area contributed by atoms with Gasteiger partial charge in [0.1, 0.15) is 0 Å². The molecule has 1 saturated heterocycles. The summed E-state index contributed by atoms with van der Waals surface area (Å²) in [6.45, 7) is 2.35. The molecule has 0 bridgehead atoms. The van der Waals surface area contributed by atoms with E-state index < -0.39 is 10.0 Å². The van der Waals surface area contributed by atoms with Crippen LogP contribution in [0.15, 0.2) is 0 Å². The van der Waals surface area contributed by atoms with E-state index in [0.717, 1.165) is 12.8 Å². The van der Waals surface area contributed by atoms with Gasteiger partial charge in [0.15, 0.2) is 5.11 Å². The average Bonchev–Trinajstić information content (AvgIpc) is 3.28. The molecule has 7 nitrogen and oxygen atoms in total. The predicted octanol–water partition coefficient (Wildman–Crippen LogP) is -0.294. The number of nitrogens with zero attached hydrogens (tertiary/aromatic N) is 1. The van der Waals surface area contributed by atoms with Crippen molar-refractivity contribution in [2.75, 3.05) is 18.8 Å². The molecule has 2 aliphatic rings. The topological polar surface area (TPSA) is 90.5 Å². The first-order valence-electron chi connectivity index (χ1n) is 7.26. The maximum Gasteiger partial charge on any atom is 0.242 e. The quantitative estimate of drug-likeness (QED) is 0.483. The average molecular weight is 334 g/mol. The molecule has 1 saturated carbocycles. The van der Waals surface area contributed by atoms with E-state index in [0.29, 0.717) is 30.5 Å². The Morgan fingerprint density at radius 3 is 2.62 bits per heavy atom. The molecule has 0 radical (unpaired) electrons. The van der Waals surface area contributed by atoms with Crippen LogP contribution < -0.4 is 16.2 Å². The van der Waals surface area contributed by atoms with Gasteiger partial charge in [-0.1, -0.05) is 0 Å². The number of amides is 1. The van der Waals surface area contributed by atoms with Crippen LogP contribution in [0.1, 0.15) is 32.6 Å². The van der Waals surface area contributed by atoms with Crippen molar-refractivity contribution in [2.45, 2.75) is 38.6 Å². The smallest absolute Gasteiger partial charge is 0.242 e. The number of sulfonamides is 1. The number of thiocarbonyl (C=S) groups is 1. The summed E-state index contributed by atoms with van der Waals surface area (Å²) in [5, 5.41) is 3.46. The van der Waals surface area contributed by atoms with Crippen LogP contribution >= 0.6 is 12.2 Å². The van der Waals surface area contributed by atoms with E-state index >= 15 is 0 Å². The SMILES string of the molecule is CCS(=O)(=O)N1CCC[C@@H](C(=O)NNC(=S)NC2CC2)C1. The first kappa shape index (κ1) is 16.4. The van der Waals surface area contributed by atoms with Gasteiger partial charge in [-0.15, -0.1) is 0 Å². The molecular weight excluding hydrogens is 312 g/mol. The van der Waals surface area contributed by atoms with Gasteiger partial charge in [-0.25, -0.2) is 12.7 Å². The second-order valence-electron chi connectivity index (χ2n) is 5.46.